The Morgan fingerprint density at radius 3 is 2.29 bits per heavy atom. The van der Waals surface area contributed by atoms with Crippen molar-refractivity contribution in [1.82, 2.24) is 21.3 Å². The molecule has 3 atom stereocenters. The van der Waals surface area contributed by atoms with Crippen molar-refractivity contribution in [1.29, 1.82) is 0 Å². The lowest BCUT2D eigenvalue weighted by Gasteiger charge is -2.25. The Bertz CT molecular complexity index is 926. The molecule has 8 nitrogen and oxygen atoms in total. The summed E-state index contributed by atoms with van der Waals surface area (Å²) in [5.74, 6) is -1.31. The van der Waals surface area contributed by atoms with Crippen molar-refractivity contribution in [2.24, 2.45) is 5.92 Å². The smallest absolute Gasteiger partial charge is 0.243 e. The summed E-state index contributed by atoms with van der Waals surface area (Å²) in [4.78, 5) is 51.4. The molecule has 1 aromatic carbocycles. The average Bonchev–Trinajstić information content (AvgIpc) is 2.80. The fourth-order valence-electron chi connectivity index (χ4n) is 3.78. The Kier molecular flexibility index (Phi) is 11.2. The molecule has 0 saturated heterocycles. The van der Waals surface area contributed by atoms with E-state index in [0.717, 1.165) is 11.1 Å². The van der Waals surface area contributed by atoms with Gasteiger partial charge in [-0.05, 0) is 37.7 Å². The zero-order valence-electron chi connectivity index (χ0n) is 20.9. The van der Waals surface area contributed by atoms with Crippen molar-refractivity contribution in [2.45, 2.75) is 71.0 Å². The minimum atomic E-state index is -0.838. The molecule has 1 aromatic rings. The SMILES string of the molecule is C=C1/C=C/CNC(=O)[C@H](C)NC(=O)[C@H](CC(C)C)NC(=O)[C@H](Cc2ccccc2)NC(=O)CCC1. The highest BCUT2D eigenvalue weighted by atomic mass is 16.2. The third-order valence-corrected chi connectivity index (χ3v) is 5.68. The van der Waals surface area contributed by atoms with E-state index in [2.05, 4.69) is 27.8 Å². The van der Waals surface area contributed by atoms with Gasteiger partial charge in [-0.2, -0.15) is 0 Å². The number of carbonyl (C=O) groups is 4. The van der Waals surface area contributed by atoms with Crippen LogP contribution in [0.5, 0.6) is 0 Å². The summed E-state index contributed by atoms with van der Waals surface area (Å²) in [7, 11) is 0. The molecule has 0 fully saturated rings. The monoisotopic (exact) mass is 482 g/mol. The highest BCUT2D eigenvalue weighted by Crippen LogP contribution is 2.10. The van der Waals surface area contributed by atoms with Gasteiger partial charge in [0.05, 0.1) is 0 Å². The van der Waals surface area contributed by atoms with E-state index in [9.17, 15) is 19.2 Å². The maximum atomic E-state index is 13.3. The Morgan fingerprint density at radius 1 is 0.914 bits per heavy atom. The molecule has 0 aromatic heterocycles. The molecule has 0 spiro atoms. The maximum absolute atomic E-state index is 13.3. The van der Waals surface area contributed by atoms with Gasteiger partial charge in [-0.3, -0.25) is 19.2 Å². The highest BCUT2D eigenvalue weighted by molar-refractivity contribution is 5.94. The predicted octanol–water partition coefficient (Wildman–Crippen LogP) is 2.16. The Hall–Kier alpha value is -3.42. The van der Waals surface area contributed by atoms with Crippen LogP contribution in [0.4, 0.5) is 0 Å². The van der Waals surface area contributed by atoms with Crippen LogP contribution in [0.2, 0.25) is 0 Å². The van der Waals surface area contributed by atoms with Crippen LogP contribution in [-0.2, 0) is 25.6 Å². The van der Waals surface area contributed by atoms with Crippen molar-refractivity contribution in [2.75, 3.05) is 6.54 Å². The number of carbonyl (C=O) groups excluding carboxylic acids is 4. The summed E-state index contributed by atoms with van der Waals surface area (Å²) in [6.45, 7) is 9.77. The second-order valence-electron chi connectivity index (χ2n) is 9.39. The number of amides is 4. The third kappa shape index (κ3) is 10.2. The summed E-state index contributed by atoms with van der Waals surface area (Å²) in [6, 6.07) is 6.95. The van der Waals surface area contributed by atoms with E-state index in [0.29, 0.717) is 32.2 Å². The molecule has 4 amide bonds. The molecule has 0 aliphatic carbocycles. The van der Waals surface area contributed by atoms with Crippen LogP contribution in [0.25, 0.3) is 0 Å². The normalized spacial score (nSPS) is 24.5. The number of nitrogens with one attached hydrogen (secondary N) is 4. The average molecular weight is 483 g/mol. The van der Waals surface area contributed by atoms with E-state index < -0.39 is 29.9 Å². The van der Waals surface area contributed by atoms with Gasteiger partial charge in [-0.25, -0.2) is 0 Å². The molecule has 0 saturated carbocycles. The largest absolute Gasteiger partial charge is 0.351 e. The van der Waals surface area contributed by atoms with Crippen LogP contribution in [0, 0.1) is 5.92 Å². The van der Waals surface area contributed by atoms with Gasteiger partial charge in [0.25, 0.3) is 0 Å². The summed E-state index contributed by atoms with van der Waals surface area (Å²) in [5, 5.41) is 11.1. The molecule has 8 heteroatoms. The van der Waals surface area contributed by atoms with Crippen molar-refractivity contribution in [3.8, 4) is 0 Å². The topological polar surface area (TPSA) is 116 Å². The Balaban J connectivity index is 2.27. The van der Waals surface area contributed by atoms with Crippen LogP contribution in [0.3, 0.4) is 0 Å². The first-order chi connectivity index (χ1) is 16.7. The van der Waals surface area contributed by atoms with E-state index in [1.807, 2.05) is 50.3 Å². The van der Waals surface area contributed by atoms with Crippen molar-refractivity contribution >= 4 is 23.6 Å². The molecule has 4 N–H and O–H groups in total. The second-order valence-corrected chi connectivity index (χ2v) is 9.39. The van der Waals surface area contributed by atoms with Gasteiger partial charge in [0.2, 0.25) is 23.6 Å². The molecule has 1 aliphatic heterocycles. The first-order valence-electron chi connectivity index (χ1n) is 12.2. The summed E-state index contributed by atoms with van der Waals surface area (Å²) in [6.07, 6.45) is 5.73. The fraction of sp³-hybridized carbons (Fsp3) is 0.481. The molecule has 1 aliphatic rings. The number of benzene rings is 1. The van der Waals surface area contributed by atoms with Gasteiger partial charge < -0.3 is 21.3 Å². The lowest BCUT2D eigenvalue weighted by Crippen LogP contribution is -2.57. The van der Waals surface area contributed by atoms with Gasteiger partial charge in [-0.1, -0.05) is 68.5 Å². The van der Waals surface area contributed by atoms with Gasteiger partial charge in [0, 0.05) is 19.4 Å². The van der Waals surface area contributed by atoms with Crippen LogP contribution in [0.1, 0.15) is 52.0 Å². The van der Waals surface area contributed by atoms with E-state index in [1.54, 1.807) is 13.0 Å². The number of hydrogen-bond donors (Lipinski definition) is 4. The van der Waals surface area contributed by atoms with E-state index in [4.69, 9.17) is 0 Å². The molecular weight excluding hydrogens is 444 g/mol. The zero-order valence-corrected chi connectivity index (χ0v) is 20.9. The van der Waals surface area contributed by atoms with Crippen molar-refractivity contribution < 1.29 is 19.2 Å². The molecular formula is C27H38N4O4. The number of allylic oxidation sites excluding steroid dienone is 2. The molecule has 190 valence electrons. The zero-order chi connectivity index (χ0) is 25.8. The van der Waals surface area contributed by atoms with Crippen LogP contribution < -0.4 is 21.3 Å². The summed E-state index contributed by atoms with van der Waals surface area (Å²) >= 11 is 0. The van der Waals surface area contributed by atoms with Crippen molar-refractivity contribution in [3.63, 3.8) is 0 Å². The lowest BCUT2D eigenvalue weighted by atomic mass is 10.0. The molecule has 1 heterocycles. The number of hydrogen-bond acceptors (Lipinski definition) is 4. The third-order valence-electron chi connectivity index (χ3n) is 5.68. The first kappa shape index (κ1) is 27.8. The Labute approximate surface area is 208 Å². The minimum Gasteiger partial charge on any atom is -0.351 e. The molecule has 0 bridgehead atoms. The fourth-order valence-corrected chi connectivity index (χ4v) is 3.78. The van der Waals surface area contributed by atoms with Gasteiger partial charge in [-0.15, -0.1) is 0 Å². The van der Waals surface area contributed by atoms with E-state index in [-0.39, 0.29) is 24.2 Å². The summed E-state index contributed by atoms with van der Waals surface area (Å²) < 4.78 is 0. The van der Waals surface area contributed by atoms with Crippen LogP contribution >= 0.6 is 0 Å². The number of rotatable bonds is 4. The van der Waals surface area contributed by atoms with Gasteiger partial charge >= 0.3 is 0 Å². The standard InChI is InChI=1S/C27H38N4O4/c1-18(2)16-22-26(34)29-20(4)25(33)28-15-9-11-19(3)10-8-14-24(32)30-23(27(35)31-22)17-21-12-6-5-7-13-21/h5-7,9,11-13,18,20,22-23H,3,8,10,14-17H2,1-2,4H3,(H,28,33)(H,29,34)(H,30,32)(H,31,35)/b11-9+/t20-,22-,23-/m0/s1. The highest BCUT2D eigenvalue weighted by Gasteiger charge is 2.29. The summed E-state index contributed by atoms with van der Waals surface area (Å²) in [5.41, 5.74) is 1.73. The Morgan fingerprint density at radius 2 is 1.60 bits per heavy atom. The molecule has 0 unspecified atom stereocenters. The van der Waals surface area contributed by atoms with Crippen LogP contribution in [-0.4, -0.2) is 48.3 Å². The second kappa shape index (κ2) is 14.1. The maximum Gasteiger partial charge on any atom is 0.243 e. The van der Waals surface area contributed by atoms with Crippen molar-refractivity contribution in [3.05, 3.63) is 60.2 Å². The predicted molar refractivity (Wildman–Crippen MR) is 136 cm³/mol. The van der Waals surface area contributed by atoms with Gasteiger partial charge in [0.1, 0.15) is 18.1 Å². The van der Waals surface area contributed by atoms with E-state index >= 15 is 0 Å². The quantitative estimate of drug-likeness (QED) is 0.526. The minimum absolute atomic E-state index is 0.119. The first-order valence-corrected chi connectivity index (χ1v) is 12.2. The molecule has 35 heavy (non-hydrogen) atoms. The van der Waals surface area contributed by atoms with E-state index in [1.165, 1.54) is 0 Å². The molecule has 2 rings (SSSR count). The van der Waals surface area contributed by atoms with Gasteiger partial charge in [0.15, 0.2) is 0 Å². The molecule has 0 radical (unpaired) electrons. The van der Waals surface area contributed by atoms with Crippen LogP contribution in [0.15, 0.2) is 54.6 Å². The lowest BCUT2D eigenvalue weighted by molar-refractivity contribution is -0.133.